The predicted octanol–water partition coefficient (Wildman–Crippen LogP) is 2.21. The quantitative estimate of drug-likeness (QED) is 0.559. The van der Waals surface area contributed by atoms with Gasteiger partial charge in [-0.05, 0) is 18.1 Å². The molecule has 1 aromatic carbocycles. The number of ether oxygens (including phenoxy) is 2. The van der Waals surface area contributed by atoms with Crippen LogP contribution in [0.3, 0.4) is 0 Å². The Morgan fingerprint density at radius 1 is 1.47 bits per heavy atom. The van der Waals surface area contributed by atoms with Crippen molar-refractivity contribution in [2.45, 2.75) is 6.42 Å². The normalized spacial score (nSPS) is 9.47. The van der Waals surface area contributed by atoms with Crippen LogP contribution in [-0.4, -0.2) is 20.2 Å². The minimum Gasteiger partial charge on any atom is -0.496 e. The second-order valence-corrected chi connectivity index (χ2v) is 2.98. The summed E-state index contributed by atoms with van der Waals surface area (Å²) in [5, 5.41) is 0. The lowest BCUT2D eigenvalue weighted by Crippen LogP contribution is -2.07. The molecule has 0 radical (unpaired) electrons. The van der Waals surface area contributed by atoms with Crippen LogP contribution in [0, 0.1) is 0 Å². The number of carbonyl (C=O) groups excluding carboxylic acids is 1. The summed E-state index contributed by atoms with van der Waals surface area (Å²) < 4.78 is 9.83. The van der Waals surface area contributed by atoms with Gasteiger partial charge in [0.1, 0.15) is 11.3 Å². The molecule has 0 aromatic heterocycles. The number of hydrogen-bond acceptors (Lipinski definition) is 3. The third-order valence-corrected chi connectivity index (χ3v) is 2.09. The van der Waals surface area contributed by atoms with Gasteiger partial charge in [-0.3, -0.25) is 0 Å². The van der Waals surface area contributed by atoms with Crippen LogP contribution in [0.15, 0.2) is 30.9 Å². The summed E-state index contributed by atoms with van der Waals surface area (Å²) in [5.41, 5.74) is 1.33. The number of esters is 1. The molecule has 0 aliphatic carbocycles. The molecule has 3 nitrogen and oxygen atoms in total. The first-order valence-electron chi connectivity index (χ1n) is 4.59. The lowest BCUT2D eigenvalue weighted by Gasteiger charge is -2.10. The highest BCUT2D eigenvalue weighted by molar-refractivity contribution is 5.94. The number of methoxy groups -OCH3 is 2. The van der Waals surface area contributed by atoms with E-state index in [1.165, 1.54) is 14.2 Å². The van der Waals surface area contributed by atoms with Gasteiger partial charge in [0, 0.05) is 0 Å². The first-order chi connectivity index (χ1) is 7.24. The molecule has 0 unspecified atom stereocenters. The average Bonchev–Trinajstić information content (AvgIpc) is 2.28. The molecule has 0 heterocycles. The number of hydrogen-bond donors (Lipinski definition) is 0. The number of carbonyl (C=O) groups is 1. The van der Waals surface area contributed by atoms with Gasteiger partial charge in [-0.1, -0.05) is 18.2 Å². The summed E-state index contributed by atoms with van der Waals surface area (Å²) in [7, 11) is 2.88. The van der Waals surface area contributed by atoms with Crippen molar-refractivity contribution in [3.8, 4) is 5.75 Å². The molecule has 0 aliphatic rings. The van der Waals surface area contributed by atoms with E-state index in [2.05, 4.69) is 6.58 Å². The van der Waals surface area contributed by atoms with Crippen LogP contribution in [0.5, 0.6) is 5.75 Å². The first kappa shape index (κ1) is 11.3. The zero-order valence-corrected chi connectivity index (χ0v) is 8.95. The zero-order valence-electron chi connectivity index (χ0n) is 8.95. The van der Waals surface area contributed by atoms with E-state index in [4.69, 9.17) is 9.47 Å². The Kier molecular flexibility index (Phi) is 3.92. The van der Waals surface area contributed by atoms with Crippen molar-refractivity contribution in [1.82, 2.24) is 0 Å². The Morgan fingerprint density at radius 3 is 2.73 bits per heavy atom. The molecule has 15 heavy (non-hydrogen) atoms. The van der Waals surface area contributed by atoms with Crippen LogP contribution in [-0.2, 0) is 11.2 Å². The van der Waals surface area contributed by atoms with Crippen molar-refractivity contribution < 1.29 is 14.3 Å². The molecule has 0 atom stereocenters. The maximum atomic E-state index is 11.6. The fraction of sp³-hybridized carbons (Fsp3) is 0.250. The highest BCUT2D eigenvalue weighted by Gasteiger charge is 2.16. The van der Waals surface area contributed by atoms with E-state index in [-0.39, 0.29) is 5.97 Å². The monoisotopic (exact) mass is 206 g/mol. The fourth-order valence-electron chi connectivity index (χ4n) is 1.41. The molecule has 1 aromatic rings. The molecule has 0 saturated heterocycles. The van der Waals surface area contributed by atoms with Gasteiger partial charge in [0.2, 0.25) is 0 Å². The predicted molar refractivity (Wildman–Crippen MR) is 58.2 cm³/mol. The molecule has 0 bridgehead atoms. The summed E-state index contributed by atoms with van der Waals surface area (Å²) in [6, 6.07) is 5.43. The van der Waals surface area contributed by atoms with Gasteiger partial charge in [0.05, 0.1) is 14.2 Å². The molecule has 0 saturated carbocycles. The van der Waals surface area contributed by atoms with Crippen LogP contribution in [0.2, 0.25) is 0 Å². The van der Waals surface area contributed by atoms with E-state index in [1.54, 1.807) is 12.1 Å². The van der Waals surface area contributed by atoms with E-state index in [1.807, 2.05) is 12.1 Å². The Bertz CT molecular complexity index is 369. The third-order valence-electron chi connectivity index (χ3n) is 2.09. The Labute approximate surface area is 89.3 Å². The van der Waals surface area contributed by atoms with Gasteiger partial charge in [0.25, 0.3) is 0 Å². The number of benzene rings is 1. The number of rotatable bonds is 4. The standard InChI is InChI=1S/C12H14O3/c1-4-6-9-7-5-8-10(14-2)11(9)12(13)15-3/h4-5,7-8H,1,6H2,2-3H3. The summed E-state index contributed by atoms with van der Waals surface area (Å²) in [4.78, 5) is 11.6. The molecule has 0 aliphatic heterocycles. The summed E-state index contributed by atoms with van der Waals surface area (Å²) >= 11 is 0. The maximum absolute atomic E-state index is 11.6. The van der Waals surface area contributed by atoms with Crippen LogP contribution in [0.1, 0.15) is 15.9 Å². The van der Waals surface area contributed by atoms with E-state index >= 15 is 0 Å². The molecule has 1 rings (SSSR count). The molecule has 0 N–H and O–H groups in total. The summed E-state index contributed by atoms with van der Waals surface area (Å²) in [6.45, 7) is 3.64. The van der Waals surface area contributed by atoms with Gasteiger partial charge < -0.3 is 9.47 Å². The lowest BCUT2D eigenvalue weighted by molar-refractivity contribution is 0.0596. The Hall–Kier alpha value is -1.77. The highest BCUT2D eigenvalue weighted by Crippen LogP contribution is 2.23. The van der Waals surface area contributed by atoms with Crippen molar-refractivity contribution in [3.63, 3.8) is 0 Å². The summed E-state index contributed by atoms with van der Waals surface area (Å²) in [5.74, 6) is 0.144. The molecule has 0 fully saturated rings. The average molecular weight is 206 g/mol. The molecular weight excluding hydrogens is 192 g/mol. The van der Waals surface area contributed by atoms with Crippen molar-refractivity contribution >= 4 is 5.97 Å². The van der Waals surface area contributed by atoms with Gasteiger partial charge in [-0.25, -0.2) is 4.79 Å². The molecular formula is C12H14O3. The lowest BCUT2D eigenvalue weighted by atomic mass is 10.0. The smallest absolute Gasteiger partial charge is 0.341 e. The van der Waals surface area contributed by atoms with Crippen LogP contribution >= 0.6 is 0 Å². The van der Waals surface area contributed by atoms with Crippen molar-refractivity contribution in [2.75, 3.05) is 14.2 Å². The third kappa shape index (κ3) is 2.37. The molecule has 80 valence electrons. The van der Waals surface area contributed by atoms with Gasteiger partial charge in [-0.2, -0.15) is 0 Å². The number of allylic oxidation sites excluding steroid dienone is 1. The maximum Gasteiger partial charge on any atom is 0.341 e. The van der Waals surface area contributed by atoms with Gasteiger partial charge in [0.15, 0.2) is 0 Å². The van der Waals surface area contributed by atoms with Gasteiger partial charge in [-0.15, -0.1) is 6.58 Å². The van der Waals surface area contributed by atoms with E-state index < -0.39 is 0 Å². The van der Waals surface area contributed by atoms with Crippen molar-refractivity contribution in [3.05, 3.63) is 42.0 Å². The minimum atomic E-state index is -0.385. The van der Waals surface area contributed by atoms with E-state index in [0.717, 1.165) is 5.56 Å². The molecule has 0 spiro atoms. The second kappa shape index (κ2) is 5.20. The zero-order chi connectivity index (χ0) is 11.3. The van der Waals surface area contributed by atoms with Crippen LogP contribution in [0.4, 0.5) is 0 Å². The van der Waals surface area contributed by atoms with Crippen LogP contribution < -0.4 is 4.74 Å². The fourth-order valence-corrected chi connectivity index (χ4v) is 1.41. The van der Waals surface area contributed by atoms with E-state index in [9.17, 15) is 4.79 Å². The second-order valence-electron chi connectivity index (χ2n) is 2.98. The van der Waals surface area contributed by atoms with Crippen LogP contribution in [0.25, 0.3) is 0 Å². The largest absolute Gasteiger partial charge is 0.496 e. The van der Waals surface area contributed by atoms with Crippen molar-refractivity contribution in [2.24, 2.45) is 0 Å². The highest BCUT2D eigenvalue weighted by atomic mass is 16.5. The molecule has 0 amide bonds. The SMILES string of the molecule is C=CCc1cccc(OC)c1C(=O)OC. The molecule has 3 heteroatoms. The van der Waals surface area contributed by atoms with Gasteiger partial charge >= 0.3 is 5.97 Å². The Morgan fingerprint density at radius 2 is 2.20 bits per heavy atom. The topological polar surface area (TPSA) is 35.5 Å². The van der Waals surface area contributed by atoms with Crippen molar-refractivity contribution in [1.29, 1.82) is 0 Å². The Balaban J connectivity index is 3.25. The van der Waals surface area contributed by atoms with E-state index in [0.29, 0.717) is 17.7 Å². The minimum absolute atomic E-state index is 0.385. The first-order valence-corrected chi connectivity index (χ1v) is 4.59. The summed E-state index contributed by atoms with van der Waals surface area (Å²) in [6.07, 6.45) is 2.35.